The summed E-state index contributed by atoms with van der Waals surface area (Å²) in [4.78, 5) is 34.8. The third-order valence-corrected chi connectivity index (χ3v) is 6.68. The molecule has 0 spiro atoms. The third kappa shape index (κ3) is 3.61. The molecule has 10 heteroatoms. The van der Waals surface area contributed by atoms with Crippen LogP contribution < -0.4 is 5.32 Å². The van der Waals surface area contributed by atoms with Gasteiger partial charge in [-0.2, -0.15) is 0 Å². The normalized spacial score (nSPS) is 22.1. The molecule has 1 fully saturated rings. The van der Waals surface area contributed by atoms with Crippen molar-refractivity contribution in [2.24, 2.45) is 4.99 Å². The molecule has 31 heavy (non-hydrogen) atoms. The molecular weight excluding hydrogens is 423 g/mol. The van der Waals surface area contributed by atoms with E-state index >= 15 is 0 Å². The number of halogens is 1. The van der Waals surface area contributed by atoms with E-state index in [0.29, 0.717) is 34.9 Å². The van der Waals surface area contributed by atoms with Gasteiger partial charge in [0, 0.05) is 23.8 Å². The standard InChI is InChI=1S/C21H21FN4O4S/c1-20(12-3-5-13(22)6-4-12)15(18(27)28)14(11-26(2)21(7-8-21)19(29)30)24-16(25-20)17-23-9-10-31-17/h3-6,9-10H,7-8,11H2,1-2H3,(H,24,25)(H,27,28)(H,29,30). The predicted molar refractivity (Wildman–Crippen MR) is 112 cm³/mol. The molecule has 8 nitrogen and oxygen atoms in total. The van der Waals surface area contributed by atoms with Gasteiger partial charge >= 0.3 is 11.9 Å². The minimum atomic E-state index is -1.33. The molecule has 0 radical (unpaired) electrons. The molecule has 0 saturated heterocycles. The van der Waals surface area contributed by atoms with Crippen molar-refractivity contribution in [1.29, 1.82) is 0 Å². The number of benzene rings is 1. The Balaban J connectivity index is 1.84. The summed E-state index contributed by atoms with van der Waals surface area (Å²) in [6.45, 7) is 1.72. The average molecular weight is 444 g/mol. The van der Waals surface area contributed by atoms with Crippen LogP contribution in [0.5, 0.6) is 0 Å². The molecule has 1 aliphatic heterocycles. The van der Waals surface area contributed by atoms with Crippen LogP contribution in [0.15, 0.2) is 52.1 Å². The lowest BCUT2D eigenvalue weighted by Gasteiger charge is -2.36. The van der Waals surface area contributed by atoms with E-state index in [9.17, 15) is 24.2 Å². The topological polar surface area (TPSA) is 115 Å². The van der Waals surface area contributed by atoms with Gasteiger partial charge in [-0.25, -0.2) is 19.2 Å². The number of amidine groups is 1. The van der Waals surface area contributed by atoms with Gasteiger partial charge in [0.2, 0.25) is 0 Å². The van der Waals surface area contributed by atoms with Crippen LogP contribution in [0.2, 0.25) is 0 Å². The number of aliphatic carboxylic acids is 2. The molecular formula is C21H21FN4O4S. The minimum Gasteiger partial charge on any atom is -0.480 e. The molecule has 0 bridgehead atoms. The van der Waals surface area contributed by atoms with E-state index in [1.807, 2.05) is 0 Å². The van der Waals surface area contributed by atoms with E-state index in [0.717, 1.165) is 0 Å². The van der Waals surface area contributed by atoms with Crippen molar-refractivity contribution >= 4 is 29.1 Å². The molecule has 2 heterocycles. The Morgan fingerprint density at radius 2 is 1.94 bits per heavy atom. The number of thiazole rings is 1. The average Bonchev–Trinajstić information content (AvgIpc) is 3.35. The second-order valence-corrected chi connectivity index (χ2v) is 8.75. The molecule has 2 aliphatic rings. The fourth-order valence-electron chi connectivity index (χ4n) is 3.95. The van der Waals surface area contributed by atoms with Crippen LogP contribution in [0.1, 0.15) is 30.3 Å². The highest BCUT2D eigenvalue weighted by molar-refractivity contribution is 7.11. The van der Waals surface area contributed by atoms with Gasteiger partial charge in [0.15, 0.2) is 10.8 Å². The van der Waals surface area contributed by atoms with Crippen molar-refractivity contribution < 1.29 is 24.2 Å². The van der Waals surface area contributed by atoms with Crippen molar-refractivity contribution in [3.05, 3.63) is 63.5 Å². The summed E-state index contributed by atoms with van der Waals surface area (Å²) < 4.78 is 13.5. The van der Waals surface area contributed by atoms with Gasteiger partial charge in [-0.1, -0.05) is 12.1 Å². The number of carboxylic acids is 2. The number of carbonyl (C=O) groups is 2. The molecule has 2 aromatic rings. The van der Waals surface area contributed by atoms with Crippen LogP contribution in [-0.4, -0.2) is 57.0 Å². The molecule has 1 saturated carbocycles. The highest BCUT2D eigenvalue weighted by Crippen LogP contribution is 2.43. The smallest absolute Gasteiger partial charge is 0.336 e. The number of hydrogen-bond acceptors (Lipinski definition) is 7. The summed E-state index contributed by atoms with van der Waals surface area (Å²) in [6.07, 6.45) is 2.61. The van der Waals surface area contributed by atoms with E-state index in [2.05, 4.69) is 15.3 Å². The monoisotopic (exact) mass is 444 g/mol. The maximum atomic E-state index is 13.5. The van der Waals surface area contributed by atoms with Gasteiger partial charge in [-0.05, 0) is 44.5 Å². The third-order valence-electron chi connectivity index (χ3n) is 5.90. The summed E-state index contributed by atoms with van der Waals surface area (Å²) in [5.74, 6) is -2.18. The lowest BCUT2D eigenvalue weighted by atomic mass is 9.82. The number of nitrogens with one attached hydrogen (secondary N) is 1. The minimum absolute atomic E-state index is 0.0209. The summed E-state index contributed by atoms with van der Waals surface area (Å²) in [5.41, 5.74) is -1.52. The molecule has 1 unspecified atom stereocenters. The first-order valence-corrected chi connectivity index (χ1v) is 10.5. The maximum Gasteiger partial charge on any atom is 0.336 e. The number of aromatic nitrogens is 1. The molecule has 3 N–H and O–H groups in total. The number of rotatable bonds is 7. The van der Waals surface area contributed by atoms with Crippen LogP contribution in [0, 0.1) is 5.82 Å². The highest BCUT2D eigenvalue weighted by atomic mass is 32.1. The maximum absolute atomic E-state index is 13.5. The van der Waals surface area contributed by atoms with Gasteiger partial charge in [0.25, 0.3) is 0 Å². The zero-order valence-corrected chi connectivity index (χ0v) is 17.7. The number of nitrogens with zero attached hydrogens (tertiary/aromatic N) is 3. The predicted octanol–water partition coefficient (Wildman–Crippen LogP) is 2.44. The largest absolute Gasteiger partial charge is 0.480 e. The van der Waals surface area contributed by atoms with E-state index in [-0.39, 0.29) is 12.1 Å². The lowest BCUT2D eigenvalue weighted by Crippen LogP contribution is -2.48. The summed E-state index contributed by atoms with van der Waals surface area (Å²) >= 11 is 1.34. The van der Waals surface area contributed by atoms with E-state index in [1.165, 1.54) is 35.6 Å². The molecule has 162 valence electrons. The zero-order chi connectivity index (χ0) is 22.4. The number of aliphatic imine (C=N–C) groups is 1. The first kappa shape index (κ1) is 21.1. The lowest BCUT2D eigenvalue weighted by molar-refractivity contribution is -0.144. The number of carboxylic acid groups (broad SMARTS) is 2. The van der Waals surface area contributed by atoms with Crippen molar-refractivity contribution in [3.8, 4) is 0 Å². The summed E-state index contributed by atoms with van der Waals surface area (Å²) in [7, 11) is 1.67. The Hall–Kier alpha value is -3.11. The number of likely N-dealkylation sites (N-methyl/N-ethyl adjacent to an activating group) is 1. The second kappa shape index (κ2) is 7.54. The van der Waals surface area contributed by atoms with E-state index < -0.39 is 28.8 Å². The molecule has 0 amide bonds. The van der Waals surface area contributed by atoms with Crippen LogP contribution in [0.3, 0.4) is 0 Å². The Bertz CT molecular complexity index is 1090. The van der Waals surface area contributed by atoms with Crippen molar-refractivity contribution in [2.75, 3.05) is 13.6 Å². The first-order chi connectivity index (χ1) is 14.7. The highest BCUT2D eigenvalue weighted by Gasteiger charge is 2.54. The zero-order valence-electron chi connectivity index (χ0n) is 16.9. The fraction of sp³-hybridized carbons (Fsp3) is 0.333. The van der Waals surface area contributed by atoms with Crippen molar-refractivity contribution in [3.63, 3.8) is 0 Å². The number of hydrogen-bond donors (Lipinski definition) is 3. The molecule has 1 atom stereocenters. The summed E-state index contributed by atoms with van der Waals surface area (Å²) in [5, 5.41) is 25.2. The molecule has 1 aliphatic carbocycles. The van der Waals surface area contributed by atoms with Crippen LogP contribution in [-0.2, 0) is 15.1 Å². The van der Waals surface area contributed by atoms with Crippen LogP contribution in [0.25, 0.3) is 0 Å². The Morgan fingerprint density at radius 1 is 1.26 bits per heavy atom. The quantitative estimate of drug-likeness (QED) is 0.601. The Labute approximate surface area is 181 Å². The first-order valence-electron chi connectivity index (χ1n) is 9.62. The summed E-state index contributed by atoms with van der Waals surface area (Å²) in [6, 6.07) is 5.53. The second-order valence-electron chi connectivity index (χ2n) is 7.85. The van der Waals surface area contributed by atoms with E-state index in [1.54, 1.807) is 30.4 Å². The molecule has 1 aromatic heterocycles. The van der Waals surface area contributed by atoms with Gasteiger partial charge in [-0.3, -0.25) is 9.69 Å². The van der Waals surface area contributed by atoms with Crippen LogP contribution >= 0.6 is 11.3 Å². The SMILES string of the molecule is CN(CC1=C(C(=O)O)C(C)(c2ccc(F)cc2)N=C(c2nccs2)N1)C1(C(=O)O)CC1. The molecule has 4 rings (SSSR count). The Morgan fingerprint density at radius 3 is 2.45 bits per heavy atom. The Kier molecular flexibility index (Phi) is 5.14. The van der Waals surface area contributed by atoms with Crippen molar-refractivity contribution in [1.82, 2.24) is 15.2 Å². The molecule has 1 aromatic carbocycles. The van der Waals surface area contributed by atoms with Gasteiger partial charge in [0.1, 0.15) is 16.9 Å². The van der Waals surface area contributed by atoms with Crippen molar-refractivity contribution in [2.45, 2.75) is 30.8 Å². The van der Waals surface area contributed by atoms with Gasteiger partial charge in [0.05, 0.1) is 5.57 Å². The fourth-order valence-corrected chi connectivity index (χ4v) is 4.53. The van der Waals surface area contributed by atoms with Gasteiger partial charge < -0.3 is 15.5 Å². The van der Waals surface area contributed by atoms with Crippen LogP contribution in [0.4, 0.5) is 4.39 Å². The van der Waals surface area contributed by atoms with Gasteiger partial charge in [-0.15, -0.1) is 11.3 Å². The van der Waals surface area contributed by atoms with E-state index in [4.69, 9.17) is 0 Å².